The molecule has 1 aliphatic rings. The second-order valence-corrected chi connectivity index (χ2v) is 8.62. The Morgan fingerprint density at radius 3 is 2.29 bits per heavy atom. The Balaban J connectivity index is 1.71. The second-order valence-electron chi connectivity index (χ2n) is 8.62. The van der Waals surface area contributed by atoms with Crippen molar-refractivity contribution in [3.8, 4) is 11.1 Å². The first-order chi connectivity index (χ1) is 16.2. The molecule has 1 fully saturated rings. The Morgan fingerprint density at radius 2 is 1.65 bits per heavy atom. The molecule has 4 aromatic rings. The smallest absolute Gasteiger partial charge is 0.254 e. The number of aromatic amines is 1. The Labute approximate surface area is 193 Å². The van der Waals surface area contributed by atoms with Crippen LogP contribution in [0, 0.1) is 11.6 Å². The predicted octanol–water partition coefficient (Wildman–Crippen LogP) is 3.34. The molecule has 1 saturated heterocycles. The van der Waals surface area contributed by atoms with Gasteiger partial charge in [0.15, 0.2) is 0 Å². The summed E-state index contributed by atoms with van der Waals surface area (Å²) in [6, 6.07) is 10.1. The van der Waals surface area contributed by atoms with Gasteiger partial charge >= 0.3 is 0 Å². The van der Waals surface area contributed by atoms with Crippen LogP contribution >= 0.6 is 0 Å². The van der Waals surface area contributed by atoms with Gasteiger partial charge in [-0.1, -0.05) is 12.1 Å². The minimum absolute atomic E-state index is 0.0327. The van der Waals surface area contributed by atoms with Crippen LogP contribution in [0.15, 0.2) is 42.5 Å². The molecule has 9 heteroatoms. The van der Waals surface area contributed by atoms with E-state index >= 15 is 0 Å². The van der Waals surface area contributed by atoms with Crippen molar-refractivity contribution >= 4 is 39.3 Å². The fourth-order valence-corrected chi connectivity index (χ4v) is 4.60. The molecule has 0 saturated carbocycles. The Bertz CT molecular complexity index is 1450. The van der Waals surface area contributed by atoms with Crippen LogP contribution in [0.4, 0.5) is 14.5 Å². The topological polar surface area (TPSA) is 108 Å². The van der Waals surface area contributed by atoms with Gasteiger partial charge in [-0.3, -0.25) is 9.59 Å². The number of benzene rings is 3. The molecule has 2 amide bonds. The van der Waals surface area contributed by atoms with E-state index in [0.29, 0.717) is 40.5 Å². The minimum atomic E-state index is -0.818. The maximum absolute atomic E-state index is 14.8. The van der Waals surface area contributed by atoms with Gasteiger partial charge in [-0.25, -0.2) is 8.78 Å². The summed E-state index contributed by atoms with van der Waals surface area (Å²) >= 11 is 0. The molecule has 0 atom stereocenters. The van der Waals surface area contributed by atoms with Gasteiger partial charge < -0.3 is 26.3 Å². The first kappa shape index (κ1) is 21.8. The zero-order chi connectivity index (χ0) is 24.1. The molecule has 5 rings (SSSR count). The van der Waals surface area contributed by atoms with E-state index in [4.69, 9.17) is 11.5 Å². The van der Waals surface area contributed by atoms with Gasteiger partial charge in [0, 0.05) is 53.7 Å². The minimum Gasteiger partial charge on any atom is -0.399 e. The number of hydrogen-bond acceptors (Lipinski definition) is 4. The number of H-pyrrole nitrogens is 1. The van der Waals surface area contributed by atoms with Crippen LogP contribution in [0.3, 0.4) is 0 Å². The van der Waals surface area contributed by atoms with Gasteiger partial charge in [0.2, 0.25) is 0 Å². The normalized spacial score (nSPS) is 14.7. The fraction of sp³-hybridized carbons (Fsp3) is 0.200. The number of hydrogen-bond donors (Lipinski definition) is 3. The molecular formula is C25H23F2N5O2. The molecule has 1 aliphatic heterocycles. The van der Waals surface area contributed by atoms with Crippen LogP contribution < -0.4 is 11.5 Å². The molecule has 5 N–H and O–H groups in total. The number of carbonyl (C=O) groups excluding carboxylic acids is 2. The van der Waals surface area contributed by atoms with E-state index in [1.807, 2.05) is 7.05 Å². The first-order valence-electron chi connectivity index (χ1n) is 10.9. The molecule has 34 heavy (non-hydrogen) atoms. The Hall–Kier alpha value is -3.98. The van der Waals surface area contributed by atoms with Gasteiger partial charge in [-0.2, -0.15) is 0 Å². The molecular weight excluding hydrogens is 440 g/mol. The molecule has 7 nitrogen and oxygen atoms in total. The highest BCUT2D eigenvalue weighted by Gasteiger charge is 2.24. The number of halogens is 2. The number of aromatic nitrogens is 1. The number of rotatable bonds is 3. The van der Waals surface area contributed by atoms with Crippen molar-refractivity contribution in [1.82, 2.24) is 14.8 Å². The number of fused-ring (bicyclic) bond motifs is 3. The zero-order valence-electron chi connectivity index (χ0n) is 18.5. The fourth-order valence-electron chi connectivity index (χ4n) is 4.60. The van der Waals surface area contributed by atoms with Crippen LogP contribution in [0.5, 0.6) is 0 Å². The highest BCUT2D eigenvalue weighted by Crippen LogP contribution is 2.39. The maximum Gasteiger partial charge on any atom is 0.254 e. The highest BCUT2D eigenvalue weighted by atomic mass is 19.1. The molecule has 0 spiro atoms. The summed E-state index contributed by atoms with van der Waals surface area (Å²) in [6.07, 6.45) is 0. The maximum atomic E-state index is 14.8. The van der Waals surface area contributed by atoms with Crippen molar-refractivity contribution in [2.45, 2.75) is 0 Å². The number of nitrogens with zero attached hydrogens (tertiary/aromatic N) is 2. The van der Waals surface area contributed by atoms with E-state index in [-0.39, 0.29) is 28.3 Å². The van der Waals surface area contributed by atoms with E-state index in [1.54, 1.807) is 23.1 Å². The van der Waals surface area contributed by atoms with Crippen molar-refractivity contribution in [2.24, 2.45) is 5.73 Å². The van der Waals surface area contributed by atoms with E-state index < -0.39 is 17.5 Å². The van der Waals surface area contributed by atoms with Crippen LogP contribution in [-0.4, -0.2) is 59.8 Å². The van der Waals surface area contributed by atoms with Crippen LogP contribution in [0.2, 0.25) is 0 Å². The molecule has 2 heterocycles. The van der Waals surface area contributed by atoms with Gasteiger partial charge in [0.1, 0.15) is 11.6 Å². The van der Waals surface area contributed by atoms with Crippen LogP contribution in [0.25, 0.3) is 32.9 Å². The standard InChI is InChI=1S/C25H23F2N5O2/c1-31-6-8-32(9-7-31)25(34)13-2-3-15-20(10-13)30-23-17(24(29)33)5-4-16(21(15)23)22-18(26)11-14(28)12-19(22)27/h2-5,10-12,30H,6-9,28H2,1H3,(H2,29,33). The average Bonchev–Trinajstić information content (AvgIpc) is 3.17. The Kier molecular flexibility index (Phi) is 5.21. The SMILES string of the molecule is CN1CCN(C(=O)c2ccc3c(c2)[nH]c2c(C(N)=O)ccc(-c4c(F)cc(N)cc4F)c23)CC1. The number of nitrogen functional groups attached to an aromatic ring is 1. The summed E-state index contributed by atoms with van der Waals surface area (Å²) in [6.45, 7) is 2.85. The lowest BCUT2D eigenvalue weighted by atomic mass is 9.95. The summed E-state index contributed by atoms with van der Waals surface area (Å²) in [5, 5.41) is 1.05. The number of piperazine rings is 1. The number of nitrogens with one attached hydrogen (secondary N) is 1. The quantitative estimate of drug-likeness (QED) is 0.405. The summed E-state index contributed by atoms with van der Waals surface area (Å²) in [4.78, 5) is 32.3. The lowest BCUT2D eigenvalue weighted by molar-refractivity contribution is 0.0664. The molecule has 0 radical (unpaired) electrons. The largest absolute Gasteiger partial charge is 0.399 e. The first-order valence-corrected chi connectivity index (χ1v) is 10.9. The van der Waals surface area contributed by atoms with Crippen LogP contribution in [0.1, 0.15) is 20.7 Å². The van der Waals surface area contributed by atoms with Gasteiger partial charge in [0.25, 0.3) is 11.8 Å². The van der Waals surface area contributed by atoms with Crippen LogP contribution in [-0.2, 0) is 0 Å². The lowest BCUT2D eigenvalue weighted by Gasteiger charge is -2.32. The van der Waals surface area contributed by atoms with Gasteiger partial charge in [0.05, 0.1) is 16.6 Å². The third-order valence-corrected chi connectivity index (χ3v) is 6.39. The third kappa shape index (κ3) is 3.54. The molecule has 0 aliphatic carbocycles. The lowest BCUT2D eigenvalue weighted by Crippen LogP contribution is -2.47. The van der Waals surface area contributed by atoms with E-state index in [1.165, 1.54) is 12.1 Å². The number of primary amides is 1. The number of likely N-dealkylation sites (N-methyl/N-ethyl adjacent to an activating group) is 1. The zero-order valence-corrected chi connectivity index (χ0v) is 18.5. The summed E-state index contributed by atoms with van der Waals surface area (Å²) < 4.78 is 29.6. The highest BCUT2D eigenvalue weighted by molar-refractivity contribution is 6.20. The molecule has 174 valence electrons. The molecule has 1 aromatic heterocycles. The molecule has 0 bridgehead atoms. The number of amides is 2. The Morgan fingerprint density at radius 1 is 0.971 bits per heavy atom. The predicted molar refractivity (Wildman–Crippen MR) is 127 cm³/mol. The number of nitrogens with two attached hydrogens (primary N) is 2. The third-order valence-electron chi connectivity index (χ3n) is 6.39. The molecule has 0 unspecified atom stereocenters. The van der Waals surface area contributed by atoms with E-state index in [9.17, 15) is 18.4 Å². The van der Waals surface area contributed by atoms with Crippen molar-refractivity contribution in [3.05, 3.63) is 65.2 Å². The van der Waals surface area contributed by atoms with E-state index in [0.717, 1.165) is 25.2 Å². The van der Waals surface area contributed by atoms with Crippen molar-refractivity contribution in [2.75, 3.05) is 39.0 Å². The summed E-state index contributed by atoms with van der Waals surface area (Å²) in [5.74, 6) is -2.42. The van der Waals surface area contributed by atoms with Crippen molar-refractivity contribution < 1.29 is 18.4 Å². The van der Waals surface area contributed by atoms with E-state index in [2.05, 4.69) is 9.88 Å². The van der Waals surface area contributed by atoms with Gasteiger partial charge in [-0.05, 0) is 42.9 Å². The second kappa shape index (κ2) is 8.11. The number of carbonyl (C=O) groups is 2. The monoisotopic (exact) mass is 463 g/mol. The van der Waals surface area contributed by atoms with Crippen molar-refractivity contribution in [3.63, 3.8) is 0 Å². The summed E-state index contributed by atoms with van der Waals surface area (Å²) in [5.41, 5.74) is 12.7. The number of anilines is 1. The van der Waals surface area contributed by atoms with Crippen molar-refractivity contribution in [1.29, 1.82) is 0 Å². The summed E-state index contributed by atoms with van der Waals surface area (Å²) in [7, 11) is 2.01. The van der Waals surface area contributed by atoms with Gasteiger partial charge in [-0.15, -0.1) is 0 Å². The average molecular weight is 463 g/mol. The molecule has 3 aromatic carbocycles.